The number of nitrogens with one attached hydrogen (secondary N) is 1. The highest BCUT2D eigenvalue weighted by Gasteiger charge is 2.08. The van der Waals surface area contributed by atoms with Gasteiger partial charge in [0.05, 0.1) is 7.11 Å². The van der Waals surface area contributed by atoms with E-state index in [-0.39, 0.29) is 6.03 Å². The Morgan fingerprint density at radius 2 is 2.12 bits per heavy atom. The summed E-state index contributed by atoms with van der Waals surface area (Å²) in [6, 6.07) is 7.50. The highest BCUT2D eigenvalue weighted by Crippen LogP contribution is 2.18. The summed E-state index contributed by atoms with van der Waals surface area (Å²) >= 11 is 0. The molecule has 0 saturated heterocycles. The van der Waals surface area contributed by atoms with E-state index in [9.17, 15) is 4.79 Å². The van der Waals surface area contributed by atoms with Crippen molar-refractivity contribution in [2.75, 3.05) is 19.5 Å². The van der Waals surface area contributed by atoms with Crippen LogP contribution in [0.25, 0.3) is 0 Å². The van der Waals surface area contributed by atoms with Gasteiger partial charge in [-0.1, -0.05) is 26.0 Å². The smallest absolute Gasteiger partial charge is 0.306 e. The van der Waals surface area contributed by atoms with Gasteiger partial charge >= 0.3 is 6.03 Å². The Hall–Kier alpha value is -1.55. The van der Waals surface area contributed by atoms with Gasteiger partial charge in [-0.05, 0) is 23.6 Å². The maximum Gasteiger partial charge on any atom is 0.345 e. The summed E-state index contributed by atoms with van der Waals surface area (Å²) < 4.78 is 0. The Labute approximate surface area is 96.2 Å². The molecule has 0 saturated carbocycles. The summed E-state index contributed by atoms with van der Waals surface area (Å²) in [6.45, 7) is 4.23. The first kappa shape index (κ1) is 12.5. The third-order valence-corrected chi connectivity index (χ3v) is 2.36. The predicted molar refractivity (Wildman–Crippen MR) is 64.3 cm³/mol. The molecule has 0 unspecified atom stereocenters. The fraction of sp³-hybridized carbons (Fsp3) is 0.417. The number of carbonyl (C=O) groups excluding carboxylic acids is 1. The number of hydrogen-bond donors (Lipinski definition) is 1. The second-order valence-electron chi connectivity index (χ2n) is 3.89. The fourth-order valence-corrected chi connectivity index (χ4v) is 1.26. The van der Waals surface area contributed by atoms with Crippen molar-refractivity contribution >= 4 is 11.7 Å². The average molecular weight is 222 g/mol. The highest BCUT2D eigenvalue weighted by molar-refractivity contribution is 5.88. The first-order valence-corrected chi connectivity index (χ1v) is 5.23. The molecule has 16 heavy (non-hydrogen) atoms. The lowest BCUT2D eigenvalue weighted by atomic mass is 10.0. The molecule has 1 aromatic carbocycles. The van der Waals surface area contributed by atoms with Crippen LogP contribution in [0, 0.1) is 0 Å². The molecule has 0 heterocycles. The summed E-state index contributed by atoms with van der Waals surface area (Å²) in [5.74, 6) is 0.442. The quantitative estimate of drug-likeness (QED) is 0.799. The summed E-state index contributed by atoms with van der Waals surface area (Å²) in [7, 11) is 3.01. The molecule has 0 bridgehead atoms. The monoisotopic (exact) mass is 222 g/mol. The average Bonchev–Trinajstić information content (AvgIpc) is 2.28. The summed E-state index contributed by atoms with van der Waals surface area (Å²) in [4.78, 5) is 16.3. The van der Waals surface area contributed by atoms with E-state index < -0.39 is 0 Å². The van der Waals surface area contributed by atoms with Crippen molar-refractivity contribution in [3.63, 3.8) is 0 Å². The number of carbonyl (C=O) groups is 1. The van der Waals surface area contributed by atoms with Crippen LogP contribution in [0.15, 0.2) is 24.3 Å². The predicted octanol–water partition coefficient (Wildman–Crippen LogP) is 2.84. The van der Waals surface area contributed by atoms with Gasteiger partial charge in [0.2, 0.25) is 0 Å². The van der Waals surface area contributed by atoms with E-state index in [2.05, 4.69) is 19.2 Å². The number of nitrogens with zero attached hydrogens (tertiary/aromatic N) is 1. The Kier molecular flexibility index (Phi) is 4.31. The molecular formula is C12H18N2O2. The topological polar surface area (TPSA) is 41.6 Å². The SMILES string of the molecule is CON(C)C(=O)Nc1cccc(C(C)C)c1. The summed E-state index contributed by atoms with van der Waals surface area (Å²) in [6.07, 6.45) is 0. The van der Waals surface area contributed by atoms with Gasteiger partial charge in [-0.15, -0.1) is 0 Å². The number of urea groups is 1. The Bertz CT molecular complexity index is 364. The minimum absolute atomic E-state index is 0.289. The van der Waals surface area contributed by atoms with Crippen LogP contribution in [0.1, 0.15) is 25.3 Å². The van der Waals surface area contributed by atoms with E-state index in [0.29, 0.717) is 5.92 Å². The second-order valence-corrected chi connectivity index (χ2v) is 3.89. The zero-order valence-electron chi connectivity index (χ0n) is 10.2. The van der Waals surface area contributed by atoms with Crippen molar-refractivity contribution in [1.29, 1.82) is 0 Å². The van der Waals surface area contributed by atoms with E-state index in [4.69, 9.17) is 4.84 Å². The van der Waals surface area contributed by atoms with Gasteiger partial charge in [0.25, 0.3) is 0 Å². The fourth-order valence-electron chi connectivity index (χ4n) is 1.26. The van der Waals surface area contributed by atoms with Crippen LogP contribution in [-0.4, -0.2) is 25.3 Å². The van der Waals surface area contributed by atoms with Gasteiger partial charge in [0.15, 0.2) is 0 Å². The van der Waals surface area contributed by atoms with Crippen molar-refractivity contribution < 1.29 is 9.63 Å². The standard InChI is InChI=1S/C12H18N2O2/c1-9(2)10-6-5-7-11(8-10)13-12(15)14(3)16-4/h5-9H,1-4H3,(H,13,15). The maximum atomic E-state index is 11.5. The van der Waals surface area contributed by atoms with Crippen LogP contribution in [0.5, 0.6) is 0 Å². The van der Waals surface area contributed by atoms with Gasteiger partial charge in [0, 0.05) is 12.7 Å². The van der Waals surface area contributed by atoms with E-state index >= 15 is 0 Å². The molecule has 0 fully saturated rings. The molecule has 0 atom stereocenters. The largest absolute Gasteiger partial charge is 0.345 e. The van der Waals surface area contributed by atoms with Crippen LogP contribution < -0.4 is 5.32 Å². The van der Waals surface area contributed by atoms with E-state index in [0.717, 1.165) is 10.8 Å². The van der Waals surface area contributed by atoms with E-state index in [1.807, 2.05) is 24.3 Å². The molecule has 0 aromatic heterocycles. The number of hydrogen-bond acceptors (Lipinski definition) is 2. The summed E-state index contributed by atoms with van der Waals surface area (Å²) in [5.41, 5.74) is 1.97. The zero-order valence-corrected chi connectivity index (χ0v) is 10.2. The van der Waals surface area contributed by atoms with Crippen LogP contribution in [-0.2, 0) is 4.84 Å². The minimum Gasteiger partial charge on any atom is -0.306 e. The third-order valence-electron chi connectivity index (χ3n) is 2.36. The van der Waals surface area contributed by atoms with Gasteiger partial charge in [0.1, 0.15) is 0 Å². The van der Waals surface area contributed by atoms with Gasteiger partial charge in [-0.2, -0.15) is 0 Å². The van der Waals surface area contributed by atoms with Crippen LogP contribution >= 0.6 is 0 Å². The van der Waals surface area contributed by atoms with Gasteiger partial charge in [-0.25, -0.2) is 9.86 Å². The van der Waals surface area contributed by atoms with Crippen LogP contribution in [0.2, 0.25) is 0 Å². The first-order chi connectivity index (χ1) is 7.54. The van der Waals surface area contributed by atoms with E-state index in [1.54, 1.807) is 7.05 Å². The molecule has 88 valence electrons. The minimum atomic E-state index is -0.289. The summed E-state index contributed by atoms with van der Waals surface area (Å²) in [5, 5.41) is 3.89. The molecule has 1 aromatic rings. The van der Waals surface area contributed by atoms with Crippen LogP contribution in [0.4, 0.5) is 10.5 Å². The van der Waals surface area contributed by atoms with Gasteiger partial charge in [-0.3, -0.25) is 4.84 Å². The molecular weight excluding hydrogens is 204 g/mol. The molecule has 0 radical (unpaired) electrons. The van der Waals surface area contributed by atoms with Gasteiger partial charge < -0.3 is 5.32 Å². The number of hydroxylamine groups is 2. The number of amides is 2. The van der Waals surface area contributed by atoms with Crippen LogP contribution in [0.3, 0.4) is 0 Å². The van der Waals surface area contributed by atoms with Crippen molar-refractivity contribution in [1.82, 2.24) is 5.06 Å². The first-order valence-electron chi connectivity index (χ1n) is 5.23. The molecule has 4 heteroatoms. The molecule has 0 aliphatic heterocycles. The third kappa shape index (κ3) is 3.24. The molecule has 0 aliphatic carbocycles. The molecule has 0 aliphatic rings. The van der Waals surface area contributed by atoms with E-state index in [1.165, 1.54) is 12.7 Å². The zero-order chi connectivity index (χ0) is 12.1. The maximum absolute atomic E-state index is 11.5. The highest BCUT2D eigenvalue weighted by atomic mass is 16.7. The lowest BCUT2D eigenvalue weighted by Crippen LogP contribution is -2.30. The lowest BCUT2D eigenvalue weighted by molar-refractivity contribution is -0.0598. The van der Waals surface area contributed by atoms with Crippen molar-refractivity contribution in [3.8, 4) is 0 Å². The van der Waals surface area contributed by atoms with Crippen molar-refractivity contribution in [2.24, 2.45) is 0 Å². The molecule has 4 nitrogen and oxygen atoms in total. The molecule has 2 amide bonds. The molecule has 0 spiro atoms. The normalized spacial score (nSPS) is 10.3. The Morgan fingerprint density at radius 3 is 2.69 bits per heavy atom. The molecule has 1 N–H and O–H groups in total. The Balaban J connectivity index is 2.74. The number of rotatable bonds is 3. The van der Waals surface area contributed by atoms with Crippen molar-refractivity contribution in [2.45, 2.75) is 19.8 Å². The van der Waals surface area contributed by atoms with Crippen molar-refractivity contribution in [3.05, 3.63) is 29.8 Å². The second kappa shape index (κ2) is 5.51. The number of anilines is 1. The number of benzene rings is 1. The Morgan fingerprint density at radius 1 is 1.44 bits per heavy atom. The lowest BCUT2D eigenvalue weighted by Gasteiger charge is -2.15. The molecule has 1 rings (SSSR count).